The molecule has 0 saturated carbocycles. The standard InChI is InChI=1S/C21H37N7O2/c1-6-8-9-17(7-2)12-22-21(23-14-19(29)25(3)4)27-10-11-28(20(30)16-27)18-13-24-26(5)15-18/h13,15,17H,6-12,14,16H2,1-5H3,(H,22,23). The van der Waals surface area contributed by atoms with Crippen LogP contribution in [0.15, 0.2) is 17.4 Å². The van der Waals surface area contributed by atoms with E-state index in [9.17, 15) is 9.59 Å². The number of anilines is 1. The average molecular weight is 420 g/mol. The van der Waals surface area contributed by atoms with Crippen LogP contribution in [0.1, 0.15) is 39.5 Å². The zero-order valence-corrected chi connectivity index (χ0v) is 19.1. The number of carbonyl (C=O) groups excluding carboxylic acids is 2. The van der Waals surface area contributed by atoms with Crippen molar-refractivity contribution < 1.29 is 9.59 Å². The van der Waals surface area contributed by atoms with E-state index in [-0.39, 0.29) is 24.9 Å². The summed E-state index contributed by atoms with van der Waals surface area (Å²) < 4.78 is 1.69. The van der Waals surface area contributed by atoms with E-state index in [2.05, 4.69) is 29.3 Å². The third-order valence-electron chi connectivity index (χ3n) is 5.48. The summed E-state index contributed by atoms with van der Waals surface area (Å²) in [5.74, 6) is 1.12. The van der Waals surface area contributed by atoms with E-state index in [1.807, 2.05) is 18.1 Å². The number of unbranched alkanes of at least 4 members (excludes halogenated alkanes) is 1. The number of carbonyl (C=O) groups is 2. The second kappa shape index (κ2) is 11.6. The van der Waals surface area contributed by atoms with E-state index in [1.165, 1.54) is 17.7 Å². The molecular weight excluding hydrogens is 382 g/mol. The van der Waals surface area contributed by atoms with Crippen LogP contribution >= 0.6 is 0 Å². The van der Waals surface area contributed by atoms with Crippen LogP contribution in [-0.2, 0) is 16.6 Å². The number of piperazine rings is 1. The highest BCUT2D eigenvalue weighted by Gasteiger charge is 2.28. The van der Waals surface area contributed by atoms with Gasteiger partial charge in [-0.15, -0.1) is 0 Å². The fourth-order valence-corrected chi connectivity index (χ4v) is 3.41. The smallest absolute Gasteiger partial charge is 0.246 e. The number of hydrogen-bond acceptors (Lipinski definition) is 4. The minimum Gasteiger partial charge on any atom is -0.356 e. The molecule has 0 spiro atoms. The molecule has 1 aliphatic rings. The monoisotopic (exact) mass is 419 g/mol. The maximum absolute atomic E-state index is 12.8. The number of hydrogen-bond donors (Lipinski definition) is 1. The van der Waals surface area contributed by atoms with Crippen molar-refractivity contribution in [1.82, 2.24) is 24.9 Å². The number of nitrogens with zero attached hydrogens (tertiary/aromatic N) is 6. The minimum atomic E-state index is -0.0624. The lowest BCUT2D eigenvalue weighted by molar-refractivity contribution is -0.127. The maximum Gasteiger partial charge on any atom is 0.246 e. The van der Waals surface area contributed by atoms with Gasteiger partial charge in [-0.05, 0) is 12.3 Å². The molecule has 168 valence electrons. The Labute approximate surface area is 180 Å². The molecule has 9 nitrogen and oxygen atoms in total. The van der Waals surface area contributed by atoms with Gasteiger partial charge in [-0.25, -0.2) is 4.99 Å². The Morgan fingerprint density at radius 2 is 2.10 bits per heavy atom. The lowest BCUT2D eigenvalue weighted by Gasteiger charge is -2.36. The molecule has 2 heterocycles. The number of guanidine groups is 1. The van der Waals surface area contributed by atoms with Crippen molar-refractivity contribution in [3.63, 3.8) is 0 Å². The van der Waals surface area contributed by atoms with Gasteiger partial charge in [0.05, 0.1) is 11.9 Å². The number of rotatable bonds is 9. The number of amides is 2. The Balaban J connectivity index is 2.06. The molecule has 0 radical (unpaired) electrons. The average Bonchev–Trinajstić information content (AvgIpc) is 3.15. The molecule has 0 bridgehead atoms. The van der Waals surface area contributed by atoms with E-state index >= 15 is 0 Å². The number of aliphatic imine (C=N–C) groups is 1. The molecule has 1 aliphatic heterocycles. The second-order valence-corrected chi connectivity index (χ2v) is 8.06. The Kier molecular flexibility index (Phi) is 9.14. The summed E-state index contributed by atoms with van der Waals surface area (Å²) in [4.78, 5) is 34.6. The quantitative estimate of drug-likeness (QED) is 0.482. The van der Waals surface area contributed by atoms with Crippen LogP contribution in [0.3, 0.4) is 0 Å². The van der Waals surface area contributed by atoms with Gasteiger partial charge < -0.3 is 20.0 Å². The fraction of sp³-hybridized carbons (Fsp3) is 0.714. The van der Waals surface area contributed by atoms with Crippen LogP contribution < -0.4 is 10.2 Å². The predicted molar refractivity (Wildman–Crippen MR) is 119 cm³/mol. The molecule has 1 aromatic heterocycles. The van der Waals surface area contributed by atoms with Crippen LogP contribution in [0.25, 0.3) is 0 Å². The van der Waals surface area contributed by atoms with Gasteiger partial charge >= 0.3 is 0 Å². The predicted octanol–water partition coefficient (Wildman–Crippen LogP) is 1.32. The third-order valence-corrected chi connectivity index (χ3v) is 5.48. The normalized spacial score (nSPS) is 16.0. The third kappa shape index (κ3) is 6.74. The minimum absolute atomic E-state index is 0.000658. The van der Waals surface area contributed by atoms with Crippen molar-refractivity contribution in [3.8, 4) is 0 Å². The molecule has 30 heavy (non-hydrogen) atoms. The topological polar surface area (TPSA) is 86.1 Å². The lowest BCUT2D eigenvalue weighted by atomic mass is 9.99. The highest BCUT2D eigenvalue weighted by atomic mass is 16.2. The number of aryl methyl sites for hydroxylation is 1. The van der Waals surface area contributed by atoms with Crippen molar-refractivity contribution >= 4 is 23.5 Å². The Hall–Kier alpha value is -2.58. The molecule has 1 saturated heterocycles. The molecule has 1 unspecified atom stereocenters. The van der Waals surface area contributed by atoms with Crippen molar-refractivity contribution in [3.05, 3.63) is 12.4 Å². The maximum atomic E-state index is 12.8. The summed E-state index contributed by atoms with van der Waals surface area (Å²) in [6.07, 6.45) is 8.18. The van der Waals surface area contributed by atoms with Crippen molar-refractivity contribution in [1.29, 1.82) is 0 Å². The van der Waals surface area contributed by atoms with Gasteiger partial charge in [0, 0.05) is 47.0 Å². The molecule has 1 fully saturated rings. The summed E-state index contributed by atoms with van der Waals surface area (Å²) in [7, 11) is 5.28. The zero-order chi connectivity index (χ0) is 22.1. The van der Waals surface area contributed by atoms with Crippen LogP contribution in [0.4, 0.5) is 5.69 Å². The summed E-state index contributed by atoms with van der Waals surface area (Å²) in [6.45, 7) is 6.69. The first-order valence-corrected chi connectivity index (χ1v) is 10.9. The lowest BCUT2D eigenvalue weighted by Crippen LogP contribution is -2.56. The van der Waals surface area contributed by atoms with Gasteiger partial charge in [0.15, 0.2) is 5.96 Å². The largest absolute Gasteiger partial charge is 0.356 e. The van der Waals surface area contributed by atoms with Crippen LogP contribution in [-0.4, -0.2) is 84.2 Å². The SMILES string of the molecule is CCCCC(CC)CNC(=NCC(=O)N(C)C)N1CCN(c2cnn(C)c2)C(=O)C1. The number of likely N-dealkylation sites (N-methyl/N-ethyl adjacent to an activating group) is 1. The molecular formula is C21H37N7O2. The molecule has 2 rings (SSSR count). The van der Waals surface area contributed by atoms with Gasteiger partial charge in [-0.3, -0.25) is 14.3 Å². The van der Waals surface area contributed by atoms with Crippen LogP contribution in [0.5, 0.6) is 0 Å². The molecule has 0 aromatic carbocycles. The van der Waals surface area contributed by atoms with Crippen molar-refractivity contribution in [2.75, 3.05) is 51.7 Å². The van der Waals surface area contributed by atoms with Crippen LogP contribution in [0.2, 0.25) is 0 Å². The number of aromatic nitrogens is 2. The van der Waals surface area contributed by atoms with Crippen molar-refractivity contribution in [2.24, 2.45) is 18.0 Å². The Morgan fingerprint density at radius 1 is 1.33 bits per heavy atom. The van der Waals surface area contributed by atoms with Gasteiger partial charge in [0.1, 0.15) is 13.1 Å². The molecule has 1 atom stereocenters. The van der Waals surface area contributed by atoms with Gasteiger partial charge in [0.2, 0.25) is 11.8 Å². The van der Waals surface area contributed by atoms with E-state index < -0.39 is 0 Å². The second-order valence-electron chi connectivity index (χ2n) is 8.06. The zero-order valence-electron chi connectivity index (χ0n) is 19.1. The summed E-state index contributed by atoms with van der Waals surface area (Å²) in [5.41, 5.74) is 0.807. The number of nitrogens with one attached hydrogen (secondary N) is 1. The van der Waals surface area contributed by atoms with E-state index in [4.69, 9.17) is 0 Å². The molecule has 2 amide bonds. The summed E-state index contributed by atoms with van der Waals surface area (Å²) in [5, 5.41) is 7.60. The van der Waals surface area contributed by atoms with Gasteiger partial charge in [-0.2, -0.15) is 5.10 Å². The highest BCUT2D eigenvalue weighted by molar-refractivity contribution is 5.98. The van der Waals surface area contributed by atoms with Gasteiger partial charge in [-0.1, -0.05) is 33.1 Å². The Bertz CT molecular complexity index is 729. The first kappa shape index (κ1) is 23.7. The molecule has 0 aliphatic carbocycles. The fourth-order valence-electron chi connectivity index (χ4n) is 3.41. The van der Waals surface area contributed by atoms with Crippen LogP contribution in [0, 0.1) is 5.92 Å². The first-order chi connectivity index (χ1) is 14.3. The van der Waals surface area contributed by atoms with E-state index in [1.54, 1.807) is 29.9 Å². The van der Waals surface area contributed by atoms with Crippen molar-refractivity contribution in [2.45, 2.75) is 39.5 Å². The molecule has 1 N–H and O–H groups in total. The van der Waals surface area contributed by atoms with E-state index in [0.29, 0.717) is 25.0 Å². The molecule has 9 heteroatoms. The summed E-state index contributed by atoms with van der Waals surface area (Å²) in [6, 6.07) is 0. The summed E-state index contributed by atoms with van der Waals surface area (Å²) >= 11 is 0. The van der Waals surface area contributed by atoms with E-state index in [0.717, 1.165) is 25.1 Å². The molecule has 1 aromatic rings. The first-order valence-electron chi connectivity index (χ1n) is 10.9. The Morgan fingerprint density at radius 3 is 2.67 bits per heavy atom. The van der Waals surface area contributed by atoms with Gasteiger partial charge in [0.25, 0.3) is 0 Å². The highest BCUT2D eigenvalue weighted by Crippen LogP contribution is 2.16.